The minimum Gasteiger partial charge on any atom is -0.483 e. The summed E-state index contributed by atoms with van der Waals surface area (Å²) in [5.41, 5.74) is 7.00. The number of alkyl halides is 2. The molecule has 9 nitrogen and oxygen atoms in total. The molecular formula is C39H48F2N6O3. The van der Waals surface area contributed by atoms with Crippen LogP contribution in [0.4, 0.5) is 14.5 Å². The van der Waals surface area contributed by atoms with E-state index in [4.69, 9.17) is 9.84 Å². The fourth-order valence-corrected chi connectivity index (χ4v) is 6.80. The van der Waals surface area contributed by atoms with E-state index in [1.807, 2.05) is 6.07 Å². The number of benzene rings is 2. The number of fused-ring (bicyclic) bond motifs is 1. The molecule has 0 aliphatic carbocycles. The van der Waals surface area contributed by atoms with Crippen molar-refractivity contribution >= 4 is 22.6 Å². The second kappa shape index (κ2) is 16.0. The summed E-state index contributed by atoms with van der Waals surface area (Å²) in [6.45, 7) is 8.72. The fraction of sp³-hybridized carbons (Fsp3) is 0.462. The molecule has 1 atom stereocenters. The number of nitrogens with one attached hydrogen (secondary N) is 1. The Kier molecular flexibility index (Phi) is 11.8. The van der Waals surface area contributed by atoms with Gasteiger partial charge >= 0.3 is 5.92 Å². The minimum absolute atomic E-state index is 0.0660. The van der Waals surface area contributed by atoms with Crippen LogP contribution in [0.25, 0.3) is 33.5 Å². The van der Waals surface area contributed by atoms with Gasteiger partial charge in [0.2, 0.25) is 5.91 Å². The number of hydrogen-bond acceptors (Lipinski definition) is 7. The summed E-state index contributed by atoms with van der Waals surface area (Å²) in [7, 11) is 4.36. The number of piperidine rings is 1. The molecule has 3 heterocycles. The molecule has 11 heteroatoms. The van der Waals surface area contributed by atoms with Crippen molar-refractivity contribution in [2.45, 2.75) is 71.4 Å². The Labute approximate surface area is 293 Å². The number of aliphatic hydroxyl groups is 1. The molecule has 0 saturated carbocycles. The molecule has 0 radical (unpaired) electrons. The van der Waals surface area contributed by atoms with Crippen LogP contribution < -0.4 is 9.64 Å². The molecule has 4 aromatic rings. The number of aromatic nitrogens is 3. The lowest BCUT2D eigenvalue weighted by Crippen LogP contribution is -2.55. The van der Waals surface area contributed by atoms with E-state index in [0.717, 1.165) is 59.5 Å². The first-order chi connectivity index (χ1) is 24.0. The summed E-state index contributed by atoms with van der Waals surface area (Å²) in [6.07, 6.45) is 3.17. The molecule has 2 N–H and O–H groups in total. The number of carbonyl (C=O) groups excluding carboxylic acids is 1. The van der Waals surface area contributed by atoms with Gasteiger partial charge in [-0.1, -0.05) is 32.8 Å². The van der Waals surface area contributed by atoms with Crippen LogP contribution in [0.5, 0.6) is 5.75 Å². The third-order valence-electron chi connectivity index (χ3n) is 9.77. The van der Waals surface area contributed by atoms with Crippen LogP contribution in [0.2, 0.25) is 0 Å². The largest absolute Gasteiger partial charge is 0.483 e. The first-order valence-electron chi connectivity index (χ1n) is 17.4. The first-order valence-corrected chi connectivity index (χ1v) is 17.4. The number of anilines is 1. The molecule has 1 amide bonds. The number of H-pyrrole nitrogens is 1. The van der Waals surface area contributed by atoms with Gasteiger partial charge in [0.05, 0.1) is 17.8 Å². The van der Waals surface area contributed by atoms with Crippen LogP contribution in [0, 0.1) is 11.8 Å². The third-order valence-corrected chi connectivity index (χ3v) is 9.77. The Morgan fingerprint density at radius 1 is 1.10 bits per heavy atom. The number of carbonyl (C=O) groups is 1. The molecule has 1 aliphatic heterocycles. The summed E-state index contributed by atoms with van der Waals surface area (Å²) in [5.74, 6) is 2.06. The average Bonchev–Trinajstić information content (AvgIpc) is 3.56. The van der Waals surface area contributed by atoms with Gasteiger partial charge < -0.3 is 29.5 Å². The average molecular weight is 687 g/mol. The summed E-state index contributed by atoms with van der Waals surface area (Å²) >= 11 is 0. The van der Waals surface area contributed by atoms with Crippen LogP contribution in [-0.2, 0) is 11.2 Å². The van der Waals surface area contributed by atoms with Crippen molar-refractivity contribution in [2.75, 3.05) is 51.8 Å². The lowest BCUT2D eigenvalue weighted by Gasteiger charge is -2.38. The molecule has 2 aromatic carbocycles. The number of hydrogen-bond donors (Lipinski definition) is 2. The molecular weight excluding hydrogens is 638 g/mol. The maximum absolute atomic E-state index is 15.0. The van der Waals surface area contributed by atoms with Crippen LogP contribution in [0.15, 0.2) is 48.8 Å². The molecule has 266 valence electrons. The smallest absolute Gasteiger partial charge is 0.301 e. The molecule has 1 aliphatic rings. The minimum atomic E-state index is -3.30. The normalized spacial score (nSPS) is 15.7. The summed E-state index contributed by atoms with van der Waals surface area (Å²) in [6, 6.07) is 14.4. The molecule has 0 spiro atoms. The van der Waals surface area contributed by atoms with Gasteiger partial charge in [-0.15, -0.1) is 5.92 Å². The van der Waals surface area contributed by atoms with Crippen molar-refractivity contribution in [1.82, 2.24) is 24.8 Å². The van der Waals surface area contributed by atoms with Crippen molar-refractivity contribution < 1.29 is 23.4 Å². The summed E-state index contributed by atoms with van der Waals surface area (Å²) in [4.78, 5) is 30.1. The molecule has 1 unspecified atom stereocenters. The van der Waals surface area contributed by atoms with Crippen LogP contribution in [0.1, 0.15) is 58.1 Å². The number of nitrogens with zero attached hydrogens (tertiary/aromatic N) is 5. The topological polar surface area (TPSA) is 97.8 Å². The number of aliphatic hydroxyl groups excluding tert-OH is 1. The Bertz CT molecular complexity index is 1860. The quantitative estimate of drug-likeness (QED) is 0.157. The molecule has 2 aromatic heterocycles. The predicted molar refractivity (Wildman–Crippen MR) is 195 cm³/mol. The van der Waals surface area contributed by atoms with E-state index in [1.165, 1.54) is 17.6 Å². The fourth-order valence-electron chi connectivity index (χ4n) is 6.80. The van der Waals surface area contributed by atoms with Crippen LogP contribution >= 0.6 is 0 Å². The molecule has 1 saturated heterocycles. The van der Waals surface area contributed by atoms with Gasteiger partial charge in [-0.05, 0) is 80.8 Å². The zero-order valence-corrected chi connectivity index (χ0v) is 29.9. The van der Waals surface area contributed by atoms with Gasteiger partial charge in [0.25, 0.3) is 0 Å². The maximum Gasteiger partial charge on any atom is 0.301 e. The second-order valence-corrected chi connectivity index (χ2v) is 13.0. The highest BCUT2D eigenvalue weighted by atomic mass is 19.3. The number of rotatable bonds is 13. The standard InChI is InChI=1S/C39H48F2N6O3/c1-7-11-28-21-29(13-15-34(28)50-35-16-17-47(36(49)23-48)24-39(35,40)41)37-31-22-32(44-38(31)43-25-42-37)27-12-14-33(26(8-2)20-27)46(6)19-18-45(5)30(9-3)10-4/h12-15,20-22,25,30,35,48H,8-10,16-19,23-24H2,1-6H3,(H,42,43,44). The number of aromatic amines is 1. The number of likely N-dealkylation sites (N-methyl/N-ethyl adjacent to an activating group) is 2. The van der Waals surface area contributed by atoms with E-state index in [2.05, 4.69) is 89.7 Å². The predicted octanol–water partition coefficient (Wildman–Crippen LogP) is 6.39. The lowest BCUT2D eigenvalue weighted by molar-refractivity contribution is -0.161. The van der Waals surface area contributed by atoms with Crippen LogP contribution in [-0.4, -0.2) is 101 Å². The zero-order chi connectivity index (χ0) is 36.0. The van der Waals surface area contributed by atoms with E-state index in [0.29, 0.717) is 22.9 Å². The highest BCUT2D eigenvalue weighted by molar-refractivity contribution is 5.94. The Morgan fingerprint density at radius 2 is 1.86 bits per heavy atom. The number of aryl methyl sites for hydroxylation is 1. The molecule has 5 rings (SSSR count). The van der Waals surface area contributed by atoms with Gasteiger partial charge in [-0.3, -0.25) is 4.79 Å². The molecule has 1 fully saturated rings. The monoisotopic (exact) mass is 686 g/mol. The van der Waals surface area contributed by atoms with Gasteiger partial charge in [-0.25, -0.2) is 18.7 Å². The number of amides is 1. The van der Waals surface area contributed by atoms with Crippen molar-refractivity contribution in [3.05, 3.63) is 59.9 Å². The summed E-state index contributed by atoms with van der Waals surface area (Å²) in [5, 5.41) is 9.93. The first kappa shape index (κ1) is 36.7. The van der Waals surface area contributed by atoms with E-state index >= 15 is 8.78 Å². The van der Waals surface area contributed by atoms with E-state index < -0.39 is 31.1 Å². The van der Waals surface area contributed by atoms with E-state index in [1.54, 1.807) is 25.1 Å². The zero-order valence-electron chi connectivity index (χ0n) is 29.9. The van der Waals surface area contributed by atoms with Crippen molar-refractivity contribution in [3.63, 3.8) is 0 Å². The number of ether oxygens (including phenoxy) is 1. The Morgan fingerprint density at radius 3 is 2.54 bits per heavy atom. The van der Waals surface area contributed by atoms with Gasteiger partial charge in [0, 0.05) is 61.5 Å². The van der Waals surface area contributed by atoms with Crippen LogP contribution in [0.3, 0.4) is 0 Å². The lowest BCUT2D eigenvalue weighted by atomic mass is 10.0. The van der Waals surface area contributed by atoms with Crippen molar-refractivity contribution in [1.29, 1.82) is 0 Å². The van der Waals surface area contributed by atoms with E-state index in [-0.39, 0.29) is 18.7 Å². The highest BCUT2D eigenvalue weighted by Gasteiger charge is 2.47. The van der Waals surface area contributed by atoms with Gasteiger partial charge in [0.1, 0.15) is 24.3 Å². The molecule has 50 heavy (non-hydrogen) atoms. The van der Waals surface area contributed by atoms with Crippen molar-refractivity contribution in [3.8, 4) is 40.1 Å². The highest BCUT2D eigenvalue weighted by Crippen LogP contribution is 2.36. The Hall–Kier alpha value is -4.53. The Balaban J connectivity index is 1.39. The third kappa shape index (κ3) is 7.92. The number of likely N-dealkylation sites (tertiary alicyclic amines) is 1. The summed E-state index contributed by atoms with van der Waals surface area (Å²) < 4.78 is 35.9. The van der Waals surface area contributed by atoms with Gasteiger partial charge in [0.15, 0.2) is 6.10 Å². The second-order valence-electron chi connectivity index (χ2n) is 13.0. The van der Waals surface area contributed by atoms with E-state index in [9.17, 15) is 4.79 Å². The van der Waals surface area contributed by atoms with Crippen molar-refractivity contribution in [2.24, 2.45) is 0 Å². The number of halogens is 2. The maximum atomic E-state index is 15.0. The molecule has 0 bridgehead atoms. The van der Waals surface area contributed by atoms with Gasteiger partial charge in [-0.2, -0.15) is 0 Å². The SMILES string of the molecule is CC#Cc1cc(-c2ncnc3[nH]c(-c4ccc(N(C)CCN(C)C(CC)CC)c(CC)c4)cc23)ccc1OC1CCN(C(=O)CO)CC1(F)F.